The molecule has 1 heterocycles. The fourth-order valence-electron chi connectivity index (χ4n) is 0.396. The van der Waals surface area contributed by atoms with Crippen LogP contribution in [0.2, 0.25) is 0 Å². The minimum Gasteiger partial charge on any atom is -0.381 e. The van der Waals surface area contributed by atoms with Gasteiger partial charge in [-0.2, -0.15) is 0 Å². The minimum atomic E-state index is 0. The molecule has 0 aromatic carbocycles. The average molecular weight is 192 g/mol. The van der Waals surface area contributed by atoms with E-state index in [0.29, 0.717) is 0 Å². The zero-order valence-electron chi connectivity index (χ0n) is 6.75. The summed E-state index contributed by atoms with van der Waals surface area (Å²) in [5.74, 6) is 3.04. The van der Waals surface area contributed by atoms with Crippen LogP contribution in [0, 0.1) is 0 Å². The van der Waals surface area contributed by atoms with Crippen molar-refractivity contribution >= 4 is 30.2 Å². The lowest BCUT2D eigenvalue weighted by Crippen LogP contribution is -1.93. The van der Waals surface area contributed by atoms with E-state index in [1.165, 1.54) is 0 Å². The molecule has 0 saturated carbocycles. The smallest absolute Gasteiger partial charge is 0.0836 e. The molecule has 1 rings (SSSR count). The number of hydrogen-bond donors (Lipinski definition) is 1. The summed E-state index contributed by atoms with van der Waals surface area (Å²) in [6.07, 6.45) is 1.95. The third-order valence-electron chi connectivity index (χ3n) is 0.835. The van der Waals surface area contributed by atoms with Crippen molar-refractivity contribution in [2.75, 3.05) is 17.5 Å². The Morgan fingerprint density at radius 3 is 2.91 bits per heavy atom. The Labute approximate surface area is 78.4 Å². The first kappa shape index (κ1) is 10.9. The van der Waals surface area contributed by atoms with Crippen LogP contribution < -0.4 is 5.32 Å². The second kappa shape index (κ2) is 9.91. The molecule has 0 aliphatic carbocycles. The number of aliphatic imine (C=N–C) groups is 1. The van der Waals surface area contributed by atoms with Gasteiger partial charge >= 0.3 is 0 Å². The Balaban J connectivity index is 0. The highest BCUT2D eigenvalue weighted by molar-refractivity contribution is 8.02. The maximum absolute atomic E-state index is 3.64. The van der Waals surface area contributed by atoms with Crippen LogP contribution in [0.4, 0.5) is 0 Å². The molecule has 66 valence electrons. The first-order valence-electron chi connectivity index (χ1n) is 3.42. The van der Waals surface area contributed by atoms with Gasteiger partial charge in [0.25, 0.3) is 0 Å². The Hall–Kier alpha value is -0.0900. The van der Waals surface area contributed by atoms with Gasteiger partial charge < -0.3 is 5.32 Å². The second-order valence-electron chi connectivity index (χ2n) is 1.66. The zero-order valence-corrected chi connectivity index (χ0v) is 8.38. The third kappa shape index (κ3) is 9.91. The van der Waals surface area contributed by atoms with E-state index in [-0.39, 0.29) is 1.43 Å². The molecule has 0 amide bonds. The van der Waals surface area contributed by atoms with Crippen LogP contribution in [0.15, 0.2) is 16.6 Å². The lowest BCUT2D eigenvalue weighted by Gasteiger charge is -1.83. The van der Waals surface area contributed by atoms with Crippen molar-refractivity contribution in [2.24, 2.45) is 4.99 Å². The number of hydrogen-bond acceptors (Lipinski definition) is 4. The minimum absolute atomic E-state index is 0. The molecule has 0 fully saturated rings. The fourth-order valence-corrected chi connectivity index (χ4v) is 1.19. The molecule has 1 aliphatic heterocycles. The molecule has 0 aromatic rings. The van der Waals surface area contributed by atoms with Crippen LogP contribution >= 0.6 is 23.5 Å². The summed E-state index contributed by atoms with van der Waals surface area (Å²) in [6, 6.07) is 0. The average Bonchev–Trinajstić information content (AvgIpc) is 2.57. The Morgan fingerprint density at radius 2 is 2.73 bits per heavy atom. The third-order valence-corrected chi connectivity index (χ3v) is 2.27. The first-order chi connectivity index (χ1) is 5.41. The zero-order chi connectivity index (χ0) is 8.36. The molecule has 0 atom stereocenters. The van der Waals surface area contributed by atoms with Crippen LogP contribution in [0.3, 0.4) is 0 Å². The molecule has 2 nitrogen and oxygen atoms in total. The second-order valence-corrected chi connectivity index (χ2v) is 3.80. The molecule has 11 heavy (non-hydrogen) atoms. The van der Waals surface area contributed by atoms with E-state index in [2.05, 4.69) is 24.0 Å². The molecular formula is C7H16N2S2. The molecule has 1 N–H and O–H groups in total. The van der Waals surface area contributed by atoms with Crippen molar-refractivity contribution in [2.45, 2.75) is 6.92 Å². The van der Waals surface area contributed by atoms with Gasteiger partial charge in [0.1, 0.15) is 0 Å². The van der Waals surface area contributed by atoms with Crippen LogP contribution in [0.1, 0.15) is 8.35 Å². The van der Waals surface area contributed by atoms with E-state index >= 15 is 0 Å². The summed E-state index contributed by atoms with van der Waals surface area (Å²) >= 11 is 3.56. The molecule has 4 heteroatoms. The van der Waals surface area contributed by atoms with Crippen LogP contribution in [0.5, 0.6) is 0 Å². The van der Waals surface area contributed by atoms with Gasteiger partial charge in [-0.05, 0) is 17.9 Å². The fraction of sp³-hybridized carbons (Fsp3) is 0.571. The number of rotatable bonds is 3. The lowest BCUT2D eigenvalue weighted by molar-refractivity contribution is 1.08. The Kier molecular flexibility index (Phi) is 9.83. The van der Waals surface area contributed by atoms with Crippen LogP contribution in [0.25, 0.3) is 0 Å². The molecule has 0 bridgehead atoms. The summed E-state index contributed by atoms with van der Waals surface area (Å²) < 4.78 is 0. The van der Waals surface area contributed by atoms with E-state index < -0.39 is 0 Å². The van der Waals surface area contributed by atoms with Gasteiger partial charge in [-0.15, -0.1) is 23.5 Å². The lowest BCUT2D eigenvalue weighted by atomic mass is 11.0. The summed E-state index contributed by atoms with van der Waals surface area (Å²) in [4.78, 5) is 3.64. The number of nitrogens with zero attached hydrogens (tertiary/aromatic N) is 1. The number of nitrogens with one attached hydrogen (secondary N) is 1. The van der Waals surface area contributed by atoms with Crippen molar-refractivity contribution in [3.05, 3.63) is 11.6 Å². The van der Waals surface area contributed by atoms with E-state index in [1.54, 1.807) is 23.5 Å². The van der Waals surface area contributed by atoms with Gasteiger partial charge in [0.05, 0.1) is 11.8 Å². The van der Waals surface area contributed by atoms with E-state index in [9.17, 15) is 0 Å². The van der Waals surface area contributed by atoms with E-state index in [4.69, 9.17) is 0 Å². The summed E-state index contributed by atoms with van der Waals surface area (Å²) in [5.41, 5.74) is 0. The maximum Gasteiger partial charge on any atom is 0.0836 e. The molecule has 0 unspecified atom stereocenters. The molecular weight excluding hydrogens is 176 g/mol. The van der Waals surface area contributed by atoms with Crippen molar-refractivity contribution in [3.63, 3.8) is 0 Å². The van der Waals surface area contributed by atoms with Crippen LogP contribution in [-0.2, 0) is 0 Å². The summed E-state index contributed by atoms with van der Waals surface area (Å²) in [7, 11) is 0. The van der Waals surface area contributed by atoms with Gasteiger partial charge in [0.2, 0.25) is 0 Å². The predicted octanol–water partition coefficient (Wildman–Crippen LogP) is 2.40. The number of thioether (sulfide) groups is 2. The highest BCUT2D eigenvalue weighted by atomic mass is 32.2. The van der Waals surface area contributed by atoms with Gasteiger partial charge in [0.15, 0.2) is 0 Å². The van der Waals surface area contributed by atoms with E-state index in [1.807, 2.05) is 11.6 Å². The molecule has 1 aliphatic rings. The van der Waals surface area contributed by atoms with Crippen LogP contribution in [-0.4, -0.2) is 24.2 Å². The van der Waals surface area contributed by atoms with Gasteiger partial charge in [-0.3, -0.25) is 4.99 Å². The summed E-state index contributed by atoms with van der Waals surface area (Å²) in [6.45, 7) is 5.43. The molecule has 0 spiro atoms. The topological polar surface area (TPSA) is 24.4 Å². The standard InChI is InChI=1S/C4H9NS.C3H5NS.H2/c1-3-6-4-5-2;1-2-5-3-4-1;/h2-4H2,1H3;1-2,4H,3H2;1H. The quantitative estimate of drug-likeness (QED) is 0.549. The van der Waals surface area contributed by atoms with Crippen molar-refractivity contribution in [1.82, 2.24) is 5.32 Å². The normalized spacial score (nSPS) is 13.2. The van der Waals surface area contributed by atoms with Gasteiger partial charge in [-0.25, -0.2) is 0 Å². The van der Waals surface area contributed by atoms with Gasteiger partial charge in [-0.1, -0.05) is 6.92 Å². The largest absolute Gasteiger partial charge is 0.381 e. The predicted molar refractivity (Wildman–Crippen MR) is 59.4 cm³/mol. The highest BCUT2D eigenvalue weighted by Crippen LogP contribution is 2.02. The molecule has 0 saturated heterocycles. The Morgan fingerprint density at radius 1 is 1.91 bits per heavy atom. The van der Waals surface area contributed by atoms with Crippen molar-refractivity contribution in [1.29, 1.82) is 0 Å². The van der Waals surface area contributed by atoms with Crippen molar-refractivity contribution < 1.29 is 1.43 Å². The SMILES string of the molecule is C1=CSCN1.C=NCSCC.[HH]. The highest BCUT2D eigenvalue weighted by Gasteiger charge is 1.81. The monoisotopic (exact) mass is 192 g/mol. The van der Waals surface area contributed by atoms with Gasteiger partial charge in [0, 0.05) is 7.63 Å². The first-order valence-corrected chi connectivity index (χ1v) is 5.62. The Bertz CT molecular complexity index is 114. The molecule has 0 aromatic heterocycles. The van der Waals surface area contributed by atoms with E-state index in [0.717, 1.165) is 17.5 Å². The van der Waals surface area contributed by atoms with Crippen molar-refractivity contribution in [3.8, 4) is 0 Å². The maximum atomic E-state index is 3.64. The summed E-state index contributed by atoms with van der Waals surface area (Å²) in [5, 5.41) is 5.05. The molecule has 0 radical (unpaired) electrons.